The lowest BCUT2D eigenvalue weighted by molar-refractivity contribution is 0.415. The van der Waals surface area contributed by atoms with E-state index in [1.165, 1.54) is 15.6 Å². The molecule has 0 fully saturated rings. The Morgan fingerprint density at radius 2 is 1.80 bits per heavy atom. The molecule has 1 aromatic carbocycles. The first-order chi connectivity index (χ1) is 7.11. The van der Waals surface area contributed by atoms with Crippen LogP contribution >= 0.6 is 22.6 Å². The van der Waals surface area contributed by atoms with E-state index in [0.717, 1.165) is 18.9 Å². The SMILES string of the molecule is CC(C)CC(CN)Cc1ccc(I)cc1. The smallest absolute Gasteiger partial charge is 0.0130 e. The van der Waals surface area contributed by atoms with Crippen LogP contribution in [0, 0.1) is 15.4 Å². The van der Waals surface area contributed by atoms with Gasteiger partial charge in [0.2, 0.25) is 0 Å². The average molecular weight is 317 g/mol. The van der Waals surface area contributed by atoms with Crippen molar-refractivity contribution in [3.05, 3.63) is 33.4 Å². The van der Waals surface area contributed by atoms with Gasteiger partial charge in [0.05, 0.1) is 0 Å². The standard InChI is InChI=1S/C13H20IN/c1-10(2)7-12(9-15)8-11-3-5-13(14)6-4-11/h3-6,10,12H,7-9,15H2,1-2H3. The topological polar surface area (TPSA) is 26.0 Å². The number of nitrogens with two attached hydrogens (primary N) is 1. The molecular weight excluding hydrogens is 297 g/mol. The molecule has 0 spiro atoms. The second kappa shape index (κ2) is 6.48. The van der Waals surface area contributed by atoms with Crippen molar-refractivity contribution in [3.63, 3.8) is 0 Å². The largest absolute Gasteiger partial charge is 0.330 e. The van der Waals surface area contributed by atoms with Crippen LogP contribution in [0.15, 0.2) is 24.3 Å². The molecule has 0 aliphatic carbocycles. The molecule has 15 heavy (non-hydrogen) atoms. The molecular formula is C13H20IN. The third-order valence-electron chi connectivity index (χ3n) is 2.58. The summed E-state index contributed by atoms with van der Waals surface area (Å²) in [6, 6.07) is 8.76. The maximum atomic E-state index is 5.80. The Balaban J connectivity index is 2.54. The fourth-order valence-electron chi connectivity index (χ4n) is 1.88. The summed E-state index contributed by atoms with van der Waals surface area (Å²) in [5.74, 6) is 1.37. The summed E-state index contributed by atoms with van der Waals surface area (Å²) in [5, 5.41) is 0. The van der Waals surface area contributed by atoms with Crippen molar-refractivity contribution in [2.24, 2.45) is 17.6 Å². The third kappa shape index (κ3) is 4.98. The summed E-state index contributed by atoms with van der Waals surface area (Å²) < 4.78 is 1.30. The predicted octanol–water partition coefficient (Wildman–Crippen LogP) is 3.45. The van der Waals surface area contributed by atoms with Crippen LogP contribution in [0.1, 0.15) is 25.8 Å². The van der Waals surface area contributed by atoms with E-state index < -0.39 is 0 Å². The number of rotatable bonds is 5. The first-order valence-corrected chi connectivity index (χ1v) is 6.64. The molecule has 0 aliphatic heterocycles. The summed E-state index contributed by atoms with van der Waals surface area (Å²) in [7, 11) is 0. The highest BCUT2D eigenvalue weighted by Gasteiger charge is 2.09. The number of hydrogen-bond acceptors (Lipinski definition) is 1. The van der Waals surface area contributed by atoms with Gasteiger partial charge in [-0.3, -0.25) is 0 Å². The Bertz CT molecular complexity index is 279. The van der Waals surface area contributed by atoms with E-state index in [2.05, 4.69) is 60.7 Å². The Morgan fingerprint density at radius 1 is 1.20 bits per heavy atom. The van der Waals surface area contributed by atoms with Crippen LogP contribution < -0.4 is 5.73 Å². The van der Waals surface area contributed by atoms with Crippen LogP contribution in [0.25, 0.3) is 0 Å². The predicted molar refractivity (Wildman–Crippen MR) is 74.9 cm³/mol. The van der Waals surface area contributed by atoms with Gasteiger partial charge in [0, 0.05) is 3.57 Å². The summed E-state index contributed by atoms with van der Waals surface area (Å²) in [6.07, 6.45) is 2.34. The molecule has 1 rings (SSSR count). The molecule has 84 valence electrons. The van der Waals surface area contributed by atoms with E-state index in [4.69, 9.17) is 5.73 Å². The van der Waals surface area contributed by atoms with Gasteiger partial charge in [0.25, 0.3) is 0 Å². The molecule has 1 unspecified atom stereocenters. The lowest BCUT2D eigenvalue weighted by Crippen LogP contribution is -2.18. The van der Waals surface area contributed by atoms with Crippen molar-refractivity contribution in [3.8, 4) is 0 Å². The zero-order valence-corrected chi connectivity index (χ0v) is 11.7. The van der Waals surface area contributed by atoms with E-state index in [1.807, 2.05) is 0 Å². The molecule has 2 N–H and O–H groups in total. The number of halogens is 1. The first-order valence-electron chi connectivity index (χ1n) is 5.56. The van der Waals surface area contributed by atoms with Crippen molar-refractivity contribution in [1.82, 2.24) is 0 Å². The van der Waals surface area contributed by atoms with E-state index in [0.29, 0.717) is 5.92 Å². The van der Waals surface area contributed by atoms with Crippen molar-refractivity contribution < 1.29 is 0 Å². The van der Waals surface area contributed by atoms with Gasteiger partial charge in [-0.25, -0.2) is 0 Å². The van der Waals surface area contributed by atoms with Gasteiger partial charge >= 0.3 is 0 Å². The Hall–Kier alpha value is -0.0900. The van der Waals surface area contributed by atoms with E-state index >= 15 is 0 Å². The van der Waals surface area contributed by atoms with Gasteiger partial charge in [-0.05, 0) is 71.5 Å². The summed E-state index contributed by atoms with van der Waals surface area (Å²) in [5.41, 5.74) is 7.21. The first kappa shape index (κ1) is 13.0. The minimum atomic E-state index is 0.630. The molecule has 0 amide bonds. The van der Waals surface area contributed by atoms with Crippen LogP contribution in [-0.2, 0) is 6.42 Å². The van der Waals surface area contributed by atoms with Crippen LogP contribution in [-0.4, -0.2) is 6.54 Å². The van der Waals surface area contributed by atoms with E-state index in [1.54, 1.807) is 0 Å². The molecule has 0 heterocycles. The molecule has 0 radical (unpaired) electrons. The molecule has 2 heteroatoms. The Labute approximate surface area is 107 Å². The monoisotopic (exact) mass is 317 g/mol. The van der Waals surface area contributed by atoms with Gasteiger partial charge in [0.1, 0.15) is 0 Å². The highest BCUT2D eigenvalue weighted by Crippen LogP contribution is 2.17. The van der Waals surface area contributed by atoms with Crippen LogP contribution in [0.3, 0.4) is 0 Å². The minimum absolute atomic E-state index is 0.630. The molecule has 0 saturated heterocycles. The zero-order valence-electron chi connectivity index (χ0n) is 9.54. The van der Waals surface area contributed by atoms with Gasteiger partial charge in [-0.1, -0.05) is 26.0 Å². The quantitative estimate of drug-likeness (QED) is 0.827. The minimum Gasteiger partial charge on any atom is -0.330 e. The number of hydrogen-bond donors (Lipinski definition) is 1. The highest BCUT2D eigenvalue weighted by molar-refractivity contribution is 14.1. The van der Waals surface area contributed by atoms with Crippen molar-refractivity contribution in [2.75, 3.05) is 6.54 Å². The normalized spacial score (nSPS) is 13.1. The van der Waals surface area contributed by atoms with Crippen LogP contribution in [0.2, 0.25) is 0 Å². The fraction of sp³-hybridized carbons (Fsp3) is 0.538. The fourth-order valence-corrected chi connectivity index (χ4v) is 2.24. The lowest BCUT2D eigenvalue weighted by atomic mass is 9.91. The van der Waals surface area contributed by atoms with Crippen molar-refractivity contribution >= 4 is 22.6 Å². The van der Waals surface area contributed by atoms with E-state index in [-0.39, 0.29) is 0 Å². The van der Waals surface area contributed by atoms with Crippen LogP contribution in [0.4, 0.5) is 0 Å². The number of benzene rings is 1. The van der Waals surface area contributed by atoms with Gasteiger partial charge in [0.15, 0.2) is 0 Å². The molecule has 0 aromatic heterocycles. The van der Waals surface area contributed by atoms with Crippen molar-refractivity contribution in [1.29, 1.82) is 0 Å². The second-order valence-corrected chi connectivity index (χ2v) is 5.81. The molecule has 0 aliphatic rings. The van der Waals surface area contributed by atoms with Crippen LogP contribution in [0.5, 0.6) is 0 Å². The Morgan fingerprint density at radius 3 is 2.27 bits per heavy atom. The third-order valence-corrected chi connectivity index (χ3v) is 3.29. The van der Waals surface area contributed by atoms with Gasteiger partial charge in [-0.15, -0.1) is 0 Å². The molecule has 1 atom stereocenters. The molecule has 0 saturated carbocycles. The molecule has 1 aromatic rings. The average Bonchev–Trinajstić information content (AvgIpc) is 2.19. The maximum absolute atomic E-state index is 5.80. The second-order valence-electron chi connectivity index (χ2n) is 4.56. The Kier molecular flexibility index (Phi) is 5.61. The summed E-state index contributed by atoms with van der Waals surface area (Å²) >= 11 is 2.33. The van der Waals surface area contributed by atoms with Crippen molar-refractivity contribution in [2.45, 2.75) is 26.7 Å². The van der Waals surface area contributed by atoms with Gasteiger partial charge in [-0.2, -0.15) is 0 Å². The highest BCUT2D eigenvalue weighted by atomic mass is 127. The lowest BCUT2D eigenvalue weighted by Gasteiger charge is -2.16. The zero-order chi connectivity index (χ0) is 11.3. The molecule has 1 nitrogen and oxygen atoms in total. The maximum Gasteiger partial charge on any atom is 0.0130 e. The summed E-state index contributed by atoms with van der Waals surface area (Å²) in [4.78, 5) is 0. The summed E-state index contributed by atoms with van der Waals surface area (Å²) in [6.45, 7) is 5.32. The van der Waals surface area contributed by atoms with Gasteiger partial charge < -0.3 is 5.73 Å². The molecule has 0 bridgehead atoms. The van der Waals surface area contributed by atoms with E-state index in [9.17, 15) is 0 Å².